The van der Waals surface area contributed by atoms with Crippen molar-refractivity contribution >= 4 is 28.8 Å². The number of nitrogens with zero attached hydrogens (tertiary/aromatic N) is 4. The molecule has 0 spiro atoms. The standard InChI is InChI=1S/C19H19N5O2S/c1-13-8-16(27-11-13)19(26)23-6-3-7-24-12-21-17(15(24)10-23)18(25)22-14-4-2-5-20-9-14/h2,4-5,8-9,11-12H,3,6-7,10H2,1H3,(H,22,25). The van der Waals surface area contributed by atoms with Crippen LogP contribution in [0.3, 0.4) is 0 Å². The van der Waals surface area contributed by atoms with Gasteiger partial charge in [-0.15, -0.1) is 11.3 Å². The largest absolute Gasteiger partial charge is 0.332 e. The van der Waals surface area contributed by atoms with Crippen molar-refractivity contribution in [2.75, 3.05) is 11.9 Å². The van der Waals surface area contributed by atoms with Crippen LogP contribution in [0.1, 0.15) is 37.8 Å². The Kier molecular flexibility index (Phi) is 4.72. The summed E-state index contributed by atoms with van der Waals surface area (Å²) in [5.74, 6) is -0.292. The number of aryl methyl sites for hydroxylation is 2. The predicted octanol–water partition coefficient (Wildman–Crippen LogP) is 2.95. The van der Waals surface area contributed by atoms with E-state index in [1.54, 1.807) is 35.8 Å². The summed E-state index contributed by atoms with van der Waals surface area (Å²) in [4.78, 5) is 36.4. The molecule has 0 radical (unpaired) electrons. The number of nitrogens with one attached hydrogen (secondary N) is 1. The lowest BCUT2D eigenvalue weighted by Crippen LogP contribution is -2.31. The molecule has 7 nitrogen and oxygen atoms in total. The number of imidazole rings is 1. The molecule has 0 fully saturated rings. The maximum absolute atomic E-state index is 12.9. The van der Waals surface area contributed by atoms with E-state index in [1.165, 1.54) is 11.3 Å². The van der Waals surface area contributed by atoms with Gasteiger partial charge in [0.15, 0.2) is 5.69 Å². The number of hydrogen-bond acceptors (Lipinski definition) is 5. The van der Waals surface area contributed by atoms with Gasteiger partial charge in [0.05, 0.1) is 35.3 Å². The molecule has 0 saturated heterocycles. The third-order valence-electron chi connectivity index (χ3n) is 4.48. The lowest BCUT2D eigenvalue weighted by atomic mass is 10.2. The number of hydrogen-bond donors (Lipinski definition) is 1. The molecule has 0 unspecified atom stereocenters. The molecule has 0 aromatic carbocycles. The number of carbonyl (C=O) groups excluding carboxylic acids is 2. The lowest BCUT2D eigenvalue weighted by Gasteiger charge is -2.19. The van der Waals surface area contributed by atoms with Crippen molar-refractivity contribution in [2.24, 2.45) is 0 Å². The summed E-state index contributed by atoms with van der Waals surface area (Å²) in [6.07, 6.45) is 5.73. The summed E-state index contributed by atoms with van der Waals surface area (Å²) in [6, 6.07) is 5.44. The first kappa shape index (κ1) is 17.4. The average molecular weight is 381 g/mol. The third kappa shape index (κ3) is 3.61. The molecule has 1 aliphatic rings. The summed E-state index contributed by atoms with van der Waals surface area (Å²) in [7, 11) is 0. The van der Waals surface area contributed by atoms with Crippen LogP contribution in [0.25, 0.3) is 0 Å². The van der Waals surface area contributed by atoms with E-state index >= 15 is 0 Å². The first-order valence-electron chi connectivity index (χ1n) is 8.71. The average Bonchev–Trinajstić information content (AvgIpc) is 3.22. The Morgan fingerprint density at radius 1 is 1.30 bits per heavy atom. The number of thiophene rings is 1. The van der Waals surface area contributed by atoms with Crippen molar-refractivity contribution < 1.29 is 9.59 Å². The Morgan fingerprint density at radius 3 is 2.93 bits per heavy atom. The molecule has 0 saturated carbocycles. The zero-order valence-electron chi connectivity index (χ0n) is 14.9. The number of anilines is 1. The molecule has 0 atom stereocenters. The van der Waals surface area contributed by atoms with E-state index in [-0.39, 0.29) is 11.8 Å². The number of aromatic nitrogens is 3. The highest BCUT2D eigenvalue weighted by Crippen LogP contribution is 2.22. The molecule has 138 valence electrons. The predicted molar refractivity (Wildman–Crippen MR) is 103 cm³/mol. The molecular formula is C19H19N5O2S. The lowest BCUT2D eigenvalue weighted by molar-refractivity contribution is 0.0748. The Labute approximate surface area is 160 Å². The highest BCUT2D eigenvalue weighted by Gasteiger charge is 2.26. The third-order valence-corrected chi connectivity index (χ3v) is 5.51. The molecule has 1 N–H and O–H groups in total. The van der Waals surface area contributed by atoms with Crippen molar-refractivity contribution in [2.45, 2.75) is 26.4 Å². The van der Waals surface area contributed by atoms with Gasteiger partial charge in [0.1, 0.15) is 0 Å². The van der Waals surface area contributed by atoms with Crippen LogP contribution >= 0.6 is 11.3 Å². The van der Waals surface area contributed by atoms with Gasteiger partial charge in [-0.25, -0.2) is 4.98 Å². The topological polar surface area (TPSA) is 80.1 Å². The number of rotatable bonds is 3. The van der Waals surface area contributed by atoms with E-state index in [0.29, 0.717) is 24.5 Å². The molecule has 3 aromatic rings. The van der Waals surface area contributed by atoms with E-state index in [9.17, 15) is 9.59 Å². The first-order valence-corrected chi connectivity index (χ1v) is 9.59. The minimum Gasteiger partial charge on any atom is -0.332 e. The van der Waals surface area contributed by atoms with Gasteiger partial charge in [-0.05, 0) is 42.5 Å². The fraction of sp³-hybridized carbons (Fsp3) is 0.263. The summed E-state index contributed by atoms with van der Waals surface area (Å²) >= 11 is 1.45. The Morgan fingerprint density at radius 2 is 2.19 bits per heavy atom. The Bertz CT molecular complexity index is 979. The van der Waals surface area contributed by atoms with Gasteiger partial charge in [-0.2, -0.15) is 0 Å². The minimum absolute atomic E-state index is 0.00127. The second-order valence-corrected chi connectivity index (χ2v) is 7.41. The van der Waals surface area contributed by atoms with Gasteiger partial charge in [0.25, 0.3) is 11.8 Å². The molecule has 1 aliphatic heterocycles. The van der Waals surface area contributed by atoms with Gasteiger partial charge in [0.2, 0.25) is 0 Å². The van der Waals surface area contributed by atoms with E-state index < -0.39 is 0 Å². The van der Waals surface area contributed by atoms with Crippen molar-refractivity contribution in [1.82, 2.24) is 19.4 Å². The van der Waals surface area contributed by atoms with Gasteiger partial charge in [-0.3, -0.25) is 14.6 Å². The quantitative estimate of drug-likeness (QED) is 0.756. The van der Waals surface area contributed by atoms with Crippen LogP contribution in [-0.4, -0.2) is 37.8 Å². The zero-order chi connectivity index (χ0) is 18.8. The van der Waals surface area contributed by atoms with Crippen LogP contribution in [0, 0.1) is 6.92 Å². The zero-order valence-corrected chi connectivity index (χ0v) is 15.7. The van der Waals surface area contributed by atoms with Crippen molar-refractivity contribution in [3.05, 3.63) is 64.1 Å². The number of carbonyl (C=O) groups is 2. The Hall–Kier alpha value is -3.00. The SMILES string of the molecule is Cc1csc(C(=O)N2CCCn3cnc(C(=O)Nc4cccnc4)c3C2)c1. The summed E-state index contributed by atoms with van der Waals surface area (Å²) in [5.41, 5.74) is 2.80. The summed E-state index contributed by atoms with van der Waals surface area (Å²) in [5, 5.41) is 4.79. The van der Waals surface area contributed by atoms with Crippen LogP contribution in [0.2, 0.25) is 0 Å². The van der Waals surface area contributed by atoms with Crippen LogP contribution in [-0.2, 0) is 13.1 Å². The maximum atomic E-state index is 12.9. The highest BCUT2D eigenvalue weighted by atomic mass is 32.1. The molecular weight excluding hydrogens is 362 g/mol. The van der Waals surface area contributed by atoms with Crippen LogP contribution in [0.15, 0.2) is 42.3 Å². The number of fused-ring (bicyclic) bond motifs is 1. The molecule has 4 rings (SSSR count). The second kappa shape index (κ2) is 7.32. The molecule has 2 amide bonds. The van der Waals surface area contributed by atoms with Crippen molar-refractivity contribution in [3.63, 3.8) is 0 Å². The normalized spacial score (nSPS) is 13.7. The van der Waals surface area contributed by atoms with Crippen molar-refractivity contribution in [3.8, 4) is 0 Å². The molecule has 8 heteroatoms. The molecule has 27 heavy (non-hydrogen) atoms. The monoisotopic (exact) mass is 381 g/mol. The Balaban J connectivity index is 1.57. The molecule has 0 aliphatic carbocycles. The van der Waals surface area contributed by atoms with Crippen molar-refractivity contribution in [1.29, 1.82) is 0 Å². The van der Waals surface area contributed by atoms with Gasteiger partial charge in [0, 0.05) is 19.3 Å². The summed E-state index contributed by atoms with van der Waals surface area (Å²) < 4.78 is 1.96. The number of pyridine rings is 1. The van der Waals surface area contributed by atoms with E-state index in [2.05, 4.69) is 15.3 Å². The first-order chi connectivity index (χ1) is 13.1. The molecule has 0 bridgehead atoms. The molecule has 4 heterocycles. The van der Waals surface area contributed by atoms with Gasteiger partial charge < -0.3 is 14.8 Å². The van der Waals surface area contributed by atoms with E-state index in [0.717, 1.165) is 29.1 Å². The second-order valence-electron chi connectivity index (χ2n) is 6.50. The fourth-order valence-electron chi connectivity index (χ4n) is 3.15. The van der Waals surface area contributed by atoms with E-state index in [4.69, 9.17) is 0 Å². The molecule has 3 aromatic heterocycles. The van der Waals surface area contributed by atoms with Gasteiger partial charge >= 0.3 is 0 Å². The van der Waals surface area contributed by atoms with Gasteiger partial charge in [-0.1, -0.05) is 0 Å². The minimum atomic E-state index is -0.294. The fourth-order valence-corrected chi connectivity index (χ4v) is 4.01. The summed E-state index contributed by atoms with van der Waals surface area (Å²) in [6.45, 7) is 3.73. The van der Waals surface area contributed by atoms with E-state index in [1.807, 2.05) is 22.9 Å². The maximum Gasteiger partial charge on any atom is 0.276 e. The van der Waals surface area contributed by atoms with Crippen LogP contribution < -0.4 is 5.32 Å². The van der Waals surface area contributed by atoms with Crippen LogP contribution in [0.4, 0.5) is 5.69 Å². The van der Waals surface area contributed by atoms with Crippen LogP contribution in [0.5, 0.6) is 0 Å². The smallest absolute Gasteiger partial charge is 0.276 e. The highest BCUT2D eigenvalue weighted by molar-refractivity contribution is 7.12. The number of amides is 2.